The van der Waals surface area contributed by atoms with Crippen molar-refractivity contribution in [1.82, 2.24) is 5.32 Å². The third-order valence-corrected chi connectivity index (χ3v) is 3.84. The molecule has 0 amide bonds. The quantitative estimate of drug-likeness (QED) is 0.784. The number of aliphatic hydroxyl groups excluding tert-OH is 1. The molecule has 2 N–H and O–H groups in total. The summed E-state index contributed by atoms with van der Waals surface area (Å²) in [6, 6.07) is 15.2. The van der Waals surface area contributed by atoms with Crippen LogP contribution in [0.1, 0.15) is 32.4 Å². The predicted octanol–water partition coefficient (Wildman–Crippen LogP) is 4.49. The van der Waals surface area contributed by atoms with Gasteiger partial charge in [0, 0.05) is 18.0 Å². The Morgan fingerprint density at radius 3 is 2.62 bits per heavy atom. The highest BCUT2D eigenvalue weighted by atomic mass is 35.5. The van der Waals surface area contributed by atoms with Gasteiger partial charge in [-0.15, -0.1) is 12.4 Å². The second kappa shape index (κ2) is 9.49. The third-order valence-electron chi connectivity index (χ3n) is 3.84. The van der Waals surface area contributed by atoms with Gasteiger partial charge in [-0.3, -0.25) is 0 Å². The number of halogens is 1. The van der Waals surface area contributed by atoms with E-state index in [9.17, 15) is 0 Å². The fourth-order valence-electron chi connectivity index (χ4n) is 2.38. The van der Waals surface area contributed by atoms with Gasteiger partial charge < -0.3 is 10.4 Å². The molecule has 0 aliphatic heterocycles. The van der Waals surface area contributed by atoms with E-state index in [-0.39, 0.29) is 30.5 Å². The Hall–Kier alpha value is -1.79. The molecule has 3 heteroatoms. The fraction of sp³-hybridized carbons (Fsp3) is 0.333. The van der Waals surface area contributed by atoms with Crippen molar-refractivity contribution < 1.29 is 5.11 Å². The van der Waals surface area contributed by atoms with Crippen LogP contribution in [-0.2, 0) is 0 Å². The SMILES string of the molecule is C[C@@H](NCC=CC#CC(C)(C)CO)c1cccc2ccccc12.Cl. The highest BCUT2D eigenvalue weighted by Gasteiger charge is 2.10. The van der Waals surface area contributed by atoms with Crippen LogP contribution in [0.2, 0.25) is 0 Å². The lowest BCUT2D eigenvalue weighted by Gasteiger charge is -2.15. The van der Waals surface area contributed by atoms with Gasteiger partial charge in [0.05, 0.1) is 6.61 Å². The standard InChI is InChI=1S/C21H25NO.ClH/c1-17(22-15-8-4-7-14-21(2,3)16-23)19-13-9-11-18-10-5-6-12-20(18)19;/h4-6,8-13,17,22-23H,15-16H2,1-3H3;1H/t17-;/m1./s1. The van der Waals surface area contributed by atoms with Crippen LogP contribution in [0.25, 0.3) is 10.8 Å². The molecule has 24 heavy (non-hydrogen) atoms. The van der Waals surface area contributed by atoms with Gasteiger partial charge in [0.25, 0.3) is 0 Å². The average molecular weight is 344 g/mol. The van der Waals surface area contributed by atoms with Crippen molar-refractivity contribution in [3.05, 3.63) is 60.2 Å². The first-order valence-corrected chi connectivity index (χ1v) is 8.03. The Balaban J connectivity index is 0.00000288. The van der Waals surface area contributed by atoms with Crippen LogP contribution in [0.5, 0.6) is 0 Å². The molecule has 0 aliphatic carbocycles. The monoisotopic (exact) mass is 343 g/mol. The Labute approximate surface area is 151 Å². The number of aliphatic hydroxyl groups is 1. The predicted molar refractivity (Wildman–Crippen MR) is 105 cm³/mol. The van der Waals surface area contributed by atoms with E-state index in [0.717, 1.165) is 6.54 Å². The summed E-state index contributed by atoms with van der Waals surface area (Å²) in [4.78, 5) is 0. The van der Waals surface area contributed by atoms with Crippen molar-refractivity contribution in [1.29, 1.82) is 0 Å². The van der Waals surface area contributed by atoms with Crippen molar-refractivity contribution in [2.75, 3.05) is 13.2 Å². The molecular formula is C21H26ClNO. The minimum Gasteiger partial charge on any atom is -0.395 e. The van der Waals surface area contributed by atoms with E-state index in [2.05, 4.69) is 66.5 Å². The van der Waals surface area contributed by atoms with Gasteiger partial charge in [-0.2, -0.15) is 0 Å². The molecule has 1 atom stereocenters. The molecule has 0 saturated heterocycles. The lowest BCUT2D eigenvalue weighted by molar-refractivity contribution is 0.207. The van der Waals surface area contributed by atoms with Crippen LogP contribution >= 0.6 is 12.4 Å². The van der Waals surface area contributed by atoms with Gasteiger partial charge >= 0.3 is 0 Å². The first-order valence-electron chi connectivity index (χ1n) is 8.03. The van der Waals surface area contributed by atoms with Crippen LogP contribution in [0.4, 0.5) is 0 Å². The molecule has 0 unspecified atom stereocenters. The lowest BCUT2D eigenvalue weighted by Crippen LogP contribution is -2.18. The molecular weight excluding hydrogens is 318 g/mol. The molecule has 0 aliphatic rings. The zero-order valence-electron chi connectivity index (χ0n) is 14.5. The molecule has 0 radical (unpaired) electrons. The van der Waals surface area contributed by atoms with Crippen molar-refractivity contribution in [3.63, 3.8) is 0 Å². The summed E-state index contributed by atoms with van der Waals surface area (Å²) < 4.78 is 0. The van der Waals surface area contributed by atoms with Crippen molar-refractivity contribution in [3.8, 4) is 11.8 Å². The summed E-state index contributed by atoms with van der Waals surface area (Å²) in [6.45, 7) is 6.86. The summed E-state index contributed by atoms with van der Waals surface area (Å²) in [6.07, 6.45) is 3.86. The molecule has 0 fully saturated rings. The zero-order valence-corrected chi connectivity index (χ0v) is 15.4. The summed E-state index contributed by atoms with van der Waals surface area (Å²) in [5.74, 6) is 6.03. The van der Waals surface area contributed by atoms with Gasteiger partial charge in [-0.1, -0.05) is 60.4 Å². The van der Waals surface area contributed by atoms with Crippen molar-refractivity contribution >= 4 is 23.2 Å². The first kappa shape index (κ1) is 20.3. The molecule has 0 bridgehead atoms. The maximum atomic E-state index is 9.14. The number of hydrogen-bond acceptors (Lipinski definition) is 2. The third kappa shape index (κ3) is 5.69. The molecule has 0 heterocycles. The van der Waals surface area contributed by atoms with Gasteiger partial charge in [0.1, 0.15) is 0 Å². The Morgan fingerprint density at radius 2 is 1.88 bits per heavy atom. The van der Waals surface area contributed by atoms with Gasteiger partial charge in [-0.05, 0) is 43.2 Å². The van der Waals surface area contributed by atoms with E-state index in [1.807, 2.05) is 26.0 Å². The number of benzene rings is 2. The van der Waals surface area contributed by atoms with Crippen molar-refractivity contribution in [2.24, 2.45) is 5.41 Å². The molecule has 128 valence electrons. The van der Waals surface area contributed by atoms with Gasteiger partial charge in [-0.25, -0.2) is 0 Å². The van der Waals surface area contributed by atoms with Gasteiger partial charge in [0.15, 0.2) is 0 Å². The van der Waals surface area contributed by atoms with E-state index in [0.29, 0.717) is 0 Å². The number of nitrogens with one attached hydrogen (secondary N) is 1. The summed E-state index contributed by atoms with van der Waals surface area (Å²) in [7, 11) is 0. The van der Waals surface area contributed by atoms with E-state index >= 15 is 0 Å². The van der Waals surface area contributed by atoms with Gasteiger partial charge in [0.2, 0.25) is 0 Å². The molecule has 2 aromatic carbocycles. The number of hydrogen-bond donors (Lipinski definition) is 2. The van der Waals surface area contributed by atoms with Crippen LogP contribution in [0.15, 0.2) is 54.6 Å². The second-order valence-corrected chi connectivity index (χ2v) is 6.41. The van der Waals surface area contributed by atoms with E-state index in [1.54, 1.807) is 0 Å². The fourth-order valence-corrected chi connectivity index (χ4v) is 2.38. The minimum atomic E-state index is -0.339. The number of allylic oxidation sites excluding steroid dienone is 1. The van der Waals surface area contributed by atoms with E-state index in [4.69, 9.17) is 5.11 Å². The molecule has 2 rings (SSSR count). The molecule has 0 aromatic heterocycles. The second-order valence-electron chi connectivity index (χ2n) is 6.41. The normalized spacial score (nSPS) is 12.5. The first-order chi connectivity index (χ1) is 11.0. The van der Waals surface area contributed by atoms with E-state index < -0.39 is 0 Å². The largest absolute Gasteiger partial charge is 0.395 e. The highest BCUT2D eigenvalue weighted by Crippen LogP contribution is 2.23. The molecule has 2 nitrogen and oxygen atoms in total. The summed E-state index contributed by atoms with van der Waals surface area (Å²) in [5.41, 5.74) is 0.970. The van der Waals surface area contributed by atoms with Crippen LogP contribution in [0, 0.1) is 17.3 Å². The lowest BCUT2D eigenvalue weighted by atomic mass is 9.96. The Kier molecular flexibility index (Phi) is 8.01. The Bertz CT molecular complexity index is 735. The molecule has 0 saturated carbocycles. The topological polar surface area (TPSA) is 32.3 Å². The zero-order chi connectivity index (χ0) is 16.7. The molecule has 0 spiro atoms. The Morgan fingerprint density at radius 1 is 1.17 bits per heavy atom. The van der Waals surface area contributed by atoms with E-state index in [1.165, 1.54) is 16.3 Å². The maximum Gasteiger partial charge on any atom is 0.0591 e. The smallest absolute Gasteiger partial charge is 0.0591 e. The van der Waals surface area contributed by atoms with Crippen LogP contribution in [0.3, 0.4) is 0 Å². The molecule has 2 aromatic rings. The number of rotatable bonds is 5. The summed E-state index contributed by atoms with van der Waals surface area (Å²) in [5, 5.41) is 15.2. The van der Waals surface area contributed by atoms with Crippen LogP contribution in [-0.4, -0.2) is 18.3 Å². The minimum absolute atomic E-state index is 0. The maximum absolute atomic E-state index is 9.14. The highest BCUT2D eigenvalue weighted by molar-refractivity contribution is 5.86. The van der Waals surface area contributed by atoms with Crippen LogP contribution < -0.4 is 5.32 Å². The summed E-state index contributed by atoms with van der Waals surface area (Å²) >= 11 is 0. The number of fused-ring (bicyclic) bond motifs is 1. The average Bonchev–Trinajstić information content (AvgIpc) is 2.57. The van der Waals surface area contributed by atoms with Crippen molar-refractivity contribution in [2.45, 2.75) is 26.8 Å².